The van der Waals surface area contributed by atoms with Gasteiger partial charge in [0.15, 0.2) is 0 Å². The number of hydrogen-bond acceptors (Lipinski definition) is 6. The number of rotatable bonds is 12. The van der Waals surface area contributed by atoms with Gasteiger partial charge in [0.1, 0.15) is 0 Å². The predicted molar refractivity (Wildman–Crippen MR) is 127 cm³/mol. The van der Waals surface area contributed by atoms with E-state index in [0.717, 1.165) is 36.6 Å². The molecule has 0 aliphatic carbocycles. The molecule has 0 radical (unpaired) electrons. The van der Waals surface area contributed by atoms with Gasteiger partial charge in [-0.2, -0.15) is 0 Å². The van der Waals surface area contributed by atoms with Crippen molar-refractivity contribution in [1.29, 1.82) is 0 Å². The van der Waals surface area contributed by atoms with E-state index in [1.165, 1.54) is 0 Å². The first kappa shape index (κ1) is 25.1. The van der Waals surface area contributed by atoms with Gasteiger partial charge in [0.05, 0.1) is 4.90 Å². The zero-order chi connectivity index (χ0) is 23.8. The number of benzene rings is 1. The Hall–Kier alpha value is -2.56. The molecule has 2 aromatic rings. The van der Waals surface area contributed by atoms with E-state index in [9.17, 15) is 18.0 Å². The van der Waals surface area contributed by atoms with Gasteiger partial charge in [-0.25, -0.2) is 13.1 Å². The van der Waals surface area contributed by atoms with E-state index in [2.05, 4.69) is 20.3 Å². The number of nitrogens with two attached hydrogens (primary N) is 1. The van der Waals surface area contributed by atoms with E-state index in [0.29, 0.717) is 37.7 Å². The van der Waals surface area contributed by atoms with E-state index in [1.54, 1.807) is 24.5 Å². The fourth-order valence-corrected chi connectivity index (χ4v) is 5.76. The number of fused-ring (bicyclic) bond motifs is 1. The van der Waals surface area contributed by atoms with Crippen molar-refractivity contribution in [2.45, 2.75) is 68.8 Å². The van der Waals surface area contributed by atoms with Gasteiger partial charge in [0, 0.05) is 61.2 Å². The third-order valence-electron chi connectivity index (χ3n) is 5.89. The molecule has 1 aromatic heterocycles. The molecule has 5 N–H and O–H groups in total. The van der Waals surface area contributed by atoms with Crippen LogP contribution in [0.1, 0.15) is 50.5 Å². The fraction of sp³-hybridized carbons (Fsp3) is 0.522. The highest BCUT2D eigenvalue weighted by atomic mass is 32.2. The molecule has 2 atom stereocenters. The summed E-state index contributed by atoms with van der Waals surface area (Å²) in [5, 5.41) is 7.68. The molecule has 1 saturated heterocycles. The minimum absolute atomic E-state index is 0.00988. The summed E-state index contributed by atoms with van der Waals surface area (Å²) in [5.74, 6) is -0.308. The first-order chi connectivity index (χ1) is 15.8. The normalized spacial score (nSPS) is 18.5. The molecule has 2 heterocycles. The van der Waals surface area contributed by atoms with Crippen molar-refractivity contribution in [3.05, 3.63) is 36.2 Å². The van der Waals surface area contributed by atoms with Gasteiger partial charge in [0.2, 0.25) is 21.8 Å². The molecule has 1 aliphatic rings. The lowest BCUT2D eigenvalue weighted by Gasteiger charge is -2.15. The first-order valence-corrected chi connectivity index (χ1v) is 12.9. The number of hydrogen-bond donors (Lipinski definition) is 4. The summed E-state index contributed by atoms with van der Waals surface area (Å²) in [6.07, 6.45) is 8.05. The van der Waals surface area contributed by atoms with Crippen LogP contribution in [0.5, 0.6) is 0 Å². The average Bonchev–Trinajstić information content (AvgIpc) is 3.21. The summed E-state index contributed by atoms with van der Waals surface area (Å²) in [6, 6.07) is 4.95. The molecule has 1 aliphatic heterocycles. The summed E-state index contributed by atoms with van der Waals surface area (Å²) >= 11 is 0. The standard InChI is InChI=1S/C23H33N5O4S/c1-16-12-25-13-17-7-6-8-20(23(16)17)33(31,32)28-19-11-18(26-15-19)14-27-22(30)10-5-3-2-4-9-21(24)29/h6-8,12-13,18-19,26,28H,2-5,9-11,14-15H2,1H3,(H2,24,29)(H,27,30)/t18-,19-/m1/s1. The molecular weight excluding hydrogens is 442 g/mol. The molecule has 0 bridgehead atoms. The Bertz CT molecular complexity index is 1080. The van der Waals surface area contributed by atoms with E-state index in [-0.39, 0.29) is 28.8 Å². The van der Waals surface area contributed by atoms with Crippen LogP contribution in [0, 0.1) is 6.92 Å². The molecule has 2 amide bonds. The third kappa shape index (κ3) is 7.21. The van der Waals surface area contributed by atoms with Crippen LogP contribution in [0.3, 0.4) is 0 Å². The molecule has 0 unspecified atom stereocenters. The maximum absolute atomic E-state index is 13.1. The van der Waals surface area contributed by atoms with Crippen LogP contribution >= 0.6 is 0 Å². The van der Waals surface area contributed by atoms with Crippen molar-refractivity contribution < 1.29 is 18.0 Å². The minimum atomic E-state index is -3.71. The second kappa shape index (κ2) is 11.5. The highest BCUT2D eigenvalue weighted by Crippen LogP contribution is 2.26. The SMILES string of the molecule is Cc1cncc2cccc(S(=O)(=O)N[C@H]3CN[C@@H](CNC(=O)CCCCCCC(N)=O)C3)c12. The molecule has 10 heteroatoms. The number of sulfonamides is 1. The topological polar surface area (TPSA) is 143 Å². The smallest absolute Gasteiger partial charge is 0.241 e. The van der Waals surface area contributed by atoms with Crippen molar-refractivity contribution in [3.8, 4) is 0 Å². The van der Waals surface area contributed by atoms with Crippen molar-refractivity contribution in [3.63, 3.8) is 0 Å². The van der Waals surface area contributed by atoms with Crippen molar-refractivity contribution in [2.75, 3.05) is 13.1 Å². The summed E-state index contributed by atoms with van der Waals surface area (Å²) in [6.45, 7) is 2.81. The monoisotopic (exact) mass is 475 g/mol. The van der Waals surface area contributed by atoms with Crippen molar-refractivity contribution in [2.24, 2.45) is 5.73 Å². The maximum Gasteiger partial charge on any atom is 0.241 e. The lowest BCUT2D eigenvalue weighted by atomic mass is 10.1. The average molecular weight is 476 g/mol. The molecule has 3 rings (SSSR count). The van der Waals surface area contributed by atoms with Crippen LogP contribution in [-0.4, -0.2) is 50.4 Å². The molecule has 9 nitrogen and oxygen atoms in total. The van der Waals surface area contributed by atoms with E-state index in [4.69, 9.17) is 5.73 Å². The van der Waals surface area contributed by atoms with Crippen LogP contribution in [0.25, 0.3) is 10.8 Å². The van der Waals surface area contributed by atoms with E-state index < -0.39 is 10.0 Å². The number of primary amides is 1. The molecule has 1 fully saturated rings. The van der Waals surface area contributed by atoms with E-state index in [1.807, 2.05) is 13.0 Å². The Morgan fingerprint density at radius 2 is 1.91 bits per heavy atom. The number of pyridine rings is 1. The number of nitrogens with one attached hydrogen (secondary N) is 3. The van der Waals surface area contributed by atoms with Gasteiger partial charge in [-0.3, -0.25) is 14.6 Å². The largest absolute Gasteiger partial charge is 0.370 e. The molecule has 33 heavy (non-hydrogen) atoms. The van der Waals surface area contributed by atoms with Crippen LogP contribution in [0.15, 0.2) is 35.5 Å². The number of aryl methyl sites for hydroxylation is 1. The number of carbonyl (C=O) groups is 2. The van der Waals surface area contributed by atoms with Crippen molar-refractivity contribution in [1.82, 2.24) is 20.3 Å². The third-order valence-corrected chi connectivity index (χ3v) is 7.45. The number of carbonyl (C=O) groups excluding carboxylic acids is 2. The molecule has 1 aromatic carbocycles. The molecule has 180 valence electrons. The Morgan fingerprint density at radius 1 is 1.15 bits per heavy atom. The van der Waals surface area contributed by atoms with Gasteiger partial charge < -0.3 is 16.4 Å². The second-order valence-corrected chi connectivity index (χ2v) is 10.3. The van der Waals surface area contributed by atoms with Gasteiger partial charge in [-0.1, -0.05) is 25.0 Å². The molecule has 0 spiro atoms. The summed E-state index contributed by atoms with van der Waals surface area (Å²) < 4.78 is 29.0. The van der Waals surface area contributed by atoms with Crippen LogP contribution < -0.4 is 21.1 Å². The fourth-order valence-electron chi connectivity index (χ4n) is 4.21. The van der Waals surface area contributed by atoms with Crippen LogP contribution in [0.2, 0.25) is 0 Å². The summed E-state index contributed by atoms with van der Waals surface area (Å²) in [7, 11) is -3.71. The Labute approximate surface area is 195 Å². The van der Waals surface area contributed by atoms with Crippen LogP contribution in [-0.2, 0) is 19.6 Å². The van der Waals surface area contributed by atoms with Gasteiger partial charge in [-0.05, 0) is 37.8 Å². The number of nitrogens with zero attached hydrogens (tertiary/aromatic N) is 1. The highest BCUT2D eigenvalue weighted by molar-refractivity contribution is 7.89. The van der Waals surface area contributed by atoms with Gasteiger partial charge in [-0.15, -0.1) is 0 Å². The van der Waals surface area contributed by atoms with Gasteiger partial charge >= 0.3 is 0 Å². The van der Waals surface area contributed by atoms with E-state index >= 15 is 0 Å². The van der Waals surface area contributed by atoms with Crippen LogP contribution in [0.4, 0.5) is 0 Å². The summed E-state index contributed by atoms with van der Waals surface area (Å²) in [4.78, 5) is 27.2. The second-order valence-electron chi connectivity index (χ2n) is 8.65. The highest BCUT2D eigenvalue weighted by Gasteiger charge is 2.29. The Morgan fingerprint density at radius 3 is 2.67 bits per heavy atom. The number of unbranched alkanes of at least 4 members (excludes halogenated alkanes) is 3. The molecular formula is C23H33N5O4S. The Kier molecular flexibility index (Phi) is 8.76. The van der Waals surface area contributed by atoms with Crippen molar-refractivity contribution >= 4 is 32.6 Å². The number of amides is 2. The zero-order valence-corrected chi connectivity index (χ0v) is 19.8. The predicted octanol–water partition coefficient (Wildman–Crippen LogP) is 1.49. The zero-order valence-electron chi connectivity index (χ0n) is 19.0. The lowest BCUT2D eigenvalue weighted by molar-refractivity contribution is -0.121. The quantitative estimate of drug-likeness (QED) is 0.343. The minimum Gasteiger partial charge on any atom is -0.370 e. The Balaban J connectivity index is 1.44. The number of aromatic nitrogens is 1. The maximum atomic E-state index is 13.1. The van der Waals surface area contributed by atoms with Gasteiger partial charge in [0.25, 0.3) is 0 Å². The lowest BCUT2D eigenvalue weighted by Crippen LogP contribution is -2.37. The summed E-state index contributed by atoms with van der Waals surface area (Å²) in [5.41, 5.74) is 5.92. The first-order valence-electron chi connectivity index (χ1n) is 11.4. The molecule has 0 saturated carbocycles.